The maximum atomic E-state index is 13.2. The number of hydrogen-bond donors (Lipinski definition) is 2. The average molecular weight is 479 g/mol. The number of likely N-dealkylation sites (tertiary alicyclic amines) is 1. The third-order valence-electron chi connectivity index (χ3n) is 7.17. The first-order chi connectivity index (χ1) is 17.0. The number of rotatable bonds is 8. The Labute approximate surface area is 206 Å². The molecule has 2 aliphatic rings. The highest BCUT2D eigenvalue weighted by atomic mass is 16.5. The van der Waals surface area contributed by atoms with Gasteiger partial charge in [-0.25, -0.2) is 4.79 Å². The van der Waals surface area contributed by atoms with Crippen LogP contribution in [0.25, 0.3) is 11.1 Å². The third-order valence-corrected chi connectivity index (χ3v) is 7.17. The number of nitrogens with one attached hydrogen (secondary N) is 1. The van der Waals surface area contributed by atoms with Crippen molar-refractivity contribution < 1.29 is 24.2 Å². The van der Waals surface area contributed by atoms with Crippen LogP contribution in [0.2, 0.25) is 0 Å². The molecule has 2 N–H and O–H groups in total. The van der Waals surface area contributed by atoms with E-state index in [2.05, 4.69) is 24.4 Å². The molecule has 1 fully saturated rings. The average Bonchev–Trinajstić information content (AvgIpc) is 2.98. The number of alkyl carbamates (subject to hydrolysis) is 1. The molecule has 1 heterocycles. The van der Waals surface area contributed by atoms with Crippen molar-refractivity contribution in [2.75, 3.05) is 19.7 Å². The lowest BCUT2D eigenvalue weighted by Crippen LogP contribution is -2.50. The summed E-state index contributed by atoms with van der Waals surface area (Å²) in [5.74, 6) is -1.01. The zero-order valence-electron chi connectivity index (χ0n) is 20.2. The summed E-state index contributed by atoms with van der Waals surface area (Å²) in [5, 5.41) is 11.9. The van der Waals surface area contributed by atoms with Crippen LogP contribution in [0.5, 0.6) is 0 Å². The van der Waals surface area contributed by atoms with E-state index < -0.39 is 24.5 Å². The summed E-state index contributed by atoms with van der Waals surface area (Å²) in [6.45, 7) is 3.44. The van der Waals surface area contributed by atoms with Crippen molar-refractivity contribution in [2.45, 2.75) is 57.4 Å². The molecule has 0 radical (unpaired) electrons. The predicted molar refractivity (Wildman–Crippen MR) is 133 cm³/mol. The molecule has 2 atom stereocenters. The fraction of sp³-hybridized carbons (Fsp3) is 0.464. The van der Waals surface area contributed by atoms with E-state index in [0.29, 0.717) is 19.0 Å². The van der Waals surface area contributed by atoms with Crippen LogP contribution in [-0.2, 0) is 14.3 Å². The second-order valence-corrected chi connectivity index (χ2v) is 9.53. The Morgan fingerprint density at radius 1 is 1.03 bits per heavy atom. The van der Waals surface area contributed by atoms with Crippen molar-refractivity contribution in [3.63, 3.8) is 0 Å². The number of carbonyl (C=O) groups excluding carboxylic acids is 2. The van der Waals surface area contributed by atoms with Crippen molar-refractivity contribution in [2.24, 2.45) is 5.92 Å². The van der Waals surface area contributed by atoms with Crippen LogP contribution in [0, 0.1) is 5.92 Å². The van der Waals surface area contributed by atoms with E-state index in [1.165, 1.54) is 0 Å². The monoisotopic (exact) mass is 478 g/mol. The molecule has 2 amide bonds. The Bertz CT molecular complexity index is 1020. The number of amides is 2. The van der Waals surface area contributed by atoms with Gasteiger partial charge in [0.2, 0.25) is 5.91 Å². The van der Waals surface area contributed by atoms with Gasteiger partial charge in [-0.15, -0.1) is 0 Å². The number of carboxylic acid groups (broad SMARTS) is 1. The standard InChI is InChI=1S/C28H34N2O5/c1-2-8-19-9-7-15-30(16-14-19)27(33)25(17-26(31)32)29-28(34)35-18-24-22-12-5-3-10-20(22)21-11-4-6-13-23(21)24/h3-6,10-13,19,24-25H,2,7-9,14-18H2,1H3,(H,29,34)(H,31,32). The van der Waals surface area contributed by atoms with E-state index in [0.717, 1.165) is 54.4 Å². The summed E-state index contributed by atoms with van der Waals surface area (Å²) in [7, 11) is 0. The SMILES string of the molecule is CCCC1CCCN(C(=O)C(CC(=O)O)NC(=O)OCC2c3ccccc3-c3ccccc32)CC1. The van der Waals surface area contributed by atoms with Gasteiger partial charge in [-0.1, -0.05) is 68.3 Å². The fourth-order valence-electron chi connectivity index (χ4n) is 5.46. The van der Waals surface area contributed by atoms with E-state index in [-0.39, 0.29) is 18.4 Å². The van der Waals surface area contributed by atoms with Crippen LogP contribution < -0.4 is 5.32 Å². The molecule has 0 spiro atoms. The van der Waals surface area contributed by atoms with Crippen LogP contribution in [0.3, 0.4) is 0 Å². The Kier molecular flexibility index (Phi) is 8.06. The molecule has 0 saturated carbocycles. The summed E-state index contributed by atoms with van der Waals surface area (Å²) in [5.41, 5.74) is 4.42. The van der Waals surface area contributed by atoms with Crippen LogP contribution in [0.15, 0.2) is 48.5 Å². The van der Waals surface area contributed by atoms with E-state index in [4.69, 9.17) is 4.74 Å². The van der Waals surface area contributed by atoms with Crippen LogP contribution in [0.1, 0.15) is 62.5 Å². The van der Waals surface area contributed by atoms with Crippen molar-refractivity contribution in [1.29, 1.82) is 0 Å². The molecular weight excluding hydrogens is 444 g/mol. The molecule has 186 valence electrons. The van der Waals surface area contributed by atoms with Gasteiger partial charge in [-0.05, 0) is 47.4 Å². The molecular formula is C28H34N2O5. The highest BCUT2D eigenvalue weighted by Crippen LogP contribution is 2.44. The van der Waals surface area contributed by atoms with Gasteiger partial charge in [0.15, 0.2) is 0 Å². The van der Waals surface area contributed by atoms with Gasteiger partial charge in [0.05, 0.1) is 6.42 Å². The largest absolute Gasteiger partial charge is 0.481 e. The summed E-state index contributed by atoms with van der Waals surface area (Å²) in [6, 6.07) is 14.9. The first kappa shape index (κ1) is 24.8. The summed E-state index contributed by atoms with van der Waals surface area (Å²) in [6.07, 6.45) is 3.87. The van der Waals surface area contributed by atoms with Crippen LogP contribution in [-0.4, -0.2) is 53.7 Å². The molecule has 1 aliphatic heterocycles. The number of fused-ring (bicyclic) bond motifs is 3. The topological polar surface area (TPSA) is 95.9 Å². The van der Waals surface area contributed by atoms with Gasteiger partial charge in [0, 0.05) is 19.0 Å². The smallest absolute Gasteiger partial charge is 0.407 e. The van der Waals surface area contributed by atoms with Crippen LogP contribution >= 0.6 is 0 Å². The first-order valence-electron chi connectivity index (χ1n) is 12.6. The molecule has 0 bridgehead atoms. The molecule has 7 heteroatoms. The van der Waals surface area contributed by atoms with E-state index in [1.54, 1.807) is 4.90 Å². The fourth-order valence-corrected chi connectivity index (χ4v) is 5.46. The maximum absolute atomic E-state index is 13.2. The lowest BCUT2D eigenvalue weighted by molar-refractivity contribution is -0.142. The lowest BCUT2D eigenvalue weighted by Gasteiger charge is -2.26. The van der Waals surface area contributed by atoms with Gasteiger partial charge >= 0.3 is 12.1 Å². The number of carboxylic acids is 1. The summed E-state index contributed by atoms with van der Waals surface area (Å²) >= 11 is 0. The number of hydrogen-bond acceptors (Lipinski definition) is 4. The summed E-state index contributed by atoms with van der Waals surface area (Å²) < 4.78 is 5.55. The highest BCUT2D eigenvalue weighted by molar-refractivity contribution is 5.89. The third kappa shape index (κ3) is 5.84. The molecule has 2 aromatic carbocycles. The Balaban J connectivity index is 1.39. The molecule has 35 heavy (non-hydrogen) atoms. The number of ether oxygens (including phenoxy) is 1. The van der Waals surface area contributed by atoms with Gasteiger partial charge in [-0.2, -0.15) is 0 Å². The van der Waals surface area contributed by atoms with Gasteiger partial charge in [0.1, 0.15) is 12.6 Å². The van der Waals surface area contributed by atoms with E-state index >= 15 is 0 Å². The molecule has 7 nitrogen and oxygen atoms in total. The van der Waals surface area contributed by atoms with E-state index in [9.17, 15) is 19.5 Å². The normalized spacial score (nSPS) is 18.2. The van der Waals surface area contributed by atoms with Gasteiger partial charge in [-0.3, -0.25) is 9.59 Å². The number of benzene rings is 2. The first-order valence-corrected chi connectivity index (χ1v) is 12.6. The van der Waals surface area contributed by atoms with Gasteiger partial charge < -0.3 is 20.1 Å². The minimum atomic E-state index is -1.15. The highest BCUT2D eigenvalue weighted by Gasteiger charge is 2.32. The zero-order chi connectivity index (χ0) is 24.8. The molecule has 4 rings (SSSR count). The Morgan fingerprint density at radius 3 is 2.31 bits per heavy atom. The van der Waals surface area contributed by atoms with E-state index in [1.807, 2.05) is 36.4 Å². The van der Waals surface area contributed by atoms with Crippen molar-refractivity contribution in [1.82, 2.24) is 10.2 Å². The summed E-state index contributed by atoms with van der Waals surface area (Å²) in [4.78, 5) is 39.0. The number of carbonyl (C=O) groups is 3. The molecule has 2 unspecified atom stereocenters. The second kappa shape index (κ2) is 11.4. The lowest BCUT2D eigenvalue weighted by atomic mass is 9.96. The number of nitrogens with zero attached hydrogens (tertiary/aromatic N) is 1. The quantitative estimate of drug-likeness (QED) is 0.568. The van der Waals surface area contributed by atoms with Crippen molar-refractivity contribution >= 4 is 18.0 Å². The number of aliphatic carboxylic acids is 1. The minimum absolute atomic E-state index is 0.107. The predicted octanol–water partition coefficient (Wildman–Crippen LogP) is 4.80. The molecule has 1 aliphatic carbocycles. The Morgan fingerprint density at radius 2 is 1.69 bits per heavy atom. The van der Waals surface area contributed by atoms with Crippen LogP contribution in [0.4, 0.5) is 4.79 Å². The zero-order valence-corrected chi connectivity index (χ0v) is 20.2. The molecule has 0 aromatic heterocycles. The molecule has 1 saturated heterocycles. The Hall–Kier alpha value is -3.35. The van der Waals surface area contributed by atoms with Crippen molar-refractivity contribution in [3.05, 3.63) is 59.7 Å². The maximum Gasteiger partial charge on any atom is 0.407 e. The molecule has 2 aromatic rings. The van der Waals surface area contributed by atoms with Gasteiger partial charge in [0.25, 0.3) is 0 Å². The second-order valence-electron chi connectivity index (χ2n) is 9.53. The minimum Gasteiger partial charge on any atom is -0.481 e. The van der Waals surface area contributed by atoms with Crippen molar-refractivity contribution in [3.8, 4) is 11.1 Å².